The van der Waals surface area contributed by atoms with Crippen LogP contribution in [0.4, 0.5) is 0 Å². The Labute approximate surface area is 240 Å². The van der Waals surface area contributed by atoms with Gasteiger partial charge in [-0.15, -0.1) is 0 Å². The number of thiazole rings is 1. The number of carbonyl (C=O) groups is 2. The lowest BCUT2D eigenvalue weighted by Gasteiger charge is -2.24. The molecule has 0 amide bonds. The molecule has 0 saturated heterocycles. The van der Waals surface area contributed by atoms with Gasteiger partial charge in [-0.1, -0.05) is 48.3 Å². The Morgan fingerprint density at radius 3 is 2.54 bits per heavy atom. The summed E-state index contributed by atoms with van der Waals surface area (Å²) in [5.74, 6) is -0.880. The molecular weight excluding hydrogens is 631 g/mol. The number of esters is 2. The van der Waals surface area contributed by atoms with Gasteiger partial charge in [0.1, 0.15) is 12.4 Å². The molecule has 0 spiro atoms. The van der Waals surface area contributed by atoms with Gasteiger partial charge in [0.05, 0.1) is 28.1 Å². The van der Waals surface area contributed by atoms with Gasteiger partial charge < -0.3 is 13.9 Å². The summed E-state index contributed by atoms with van der Waals surface area (Å²) in [6.45, 7) is 5.33. The number of rotatable bonds is 7. The van der Waals surface area contributed by atoms with E-state index in [0.29, 0.717) is 20.6 Å². The summed E-state index contributed by atoms with van der Waals surface area (Å²) in [5, 5.41) is 0. The molecule has 0 saturated carbocycles. The molecule has 0 bridgehead atoms. The van der Waals surface area contributed by atoms with E-state index in [-0.39, 0.29) is 29.2 Å². The lowest BCUT2D eigenvalue weighted by atomic mass is 9.96. The fourth-order valence-corrected chi connectivity index (χ4v) is 5.50. The topological polar surface area (TPSA) is 100 Å². The predicted octanol–water partition coefficient (Wildman–Crippen LogP) is 4.38. The van der Waals surface area contributed by atoms with E-state index in [4.69, 9.17) is 13.9 Å². The number of carbonyl (C=O) groups excluding carboxylic acids is 2. The zero-order valence-corrected chi connectivity index (χ0v) is 23.6. The first-order valence-corrected chi connectivity index (χ1v) is 13.7. The molecule has 2 aromatic heterocycles. The van der Waals surface area contributed by atoms with Gasteiger partial charge in [-0.3, -0.25) is 9.36 Å². The molecular formula is C29H21IN2O6S. The van der Waals surface area contributed by atoms with Gasteiger partial charge in [-0.25, -0.2) is 14.6 Å². The normalized spacial score (nSPS) is 14.9. The maximum atomic E-state index is 13.7. The predicted molar refractivity (Wildman–Crippen MR) is 154 cm³/mol. The number of hydrogen-bond acceptors (Lipinski definition) is 8. The van der Waals surface area contributed by atoms with Crippen molar-refractivity contribution in [3.05, 3.63) is 131 Å². The van der Waals surface area contributed by atoms with Gasteiger partial charge in [-0.2, -0.15) is 0 Å². The minimum absolute atomic E-state index is 0.0151. The number of nitrogens with zero attached hydrogens (tertiary/aromatic N) is 2. The second kappa shape index (κ2) is 11.4. The molecule has 8 nitrogen and oxygen atoms in total. The van der Waals surface area contributed by atoms with Crippen LogP contribution in [0.2, 0.25) is 0 Å². The van der Waals surface area contributed by atoms with E-state index in [1.54, 1.807) is 37.3 Å². The minimum atomic E-state index is -0.799. The van der Waals surface area contributed by atoms with Crippen molar-refractivity contribution in [1.82, 2.24) is 4.57 Å². The van der Waals surface area contributed by atoms with Crippen molar-refractivity contribution < 1.29 is 23.5 Å². The number of benzene rings is 2. The van der Waals surface area contributed by atoms with Crippen LogP contribution in [0.5, 0.6) is 5.75 Å². The average Bonchev–Trinajstić information content (AvgIpc) is 3.57. The molecule has 4 aromatic rings. The standard InChI is InChI=1S/C29H21IN2O6S/c1-3-14-37-28(35)24-17(2)31-29-32(26(33)23(39-29)16-18-6-10-20(30)11-7-18)25(24)19-8-12-21(13-9-19)38-27(34)22-5-4-15-36-22/h3-13,15-16,25H,1,14H2,2H3/b23-16+/t25-/m0/s1. The molecule has 196 valence electrons. The molecule has 1 aliphatic heterocycles. The maximum Gasteiger partial charge on any atom is 0.379 e. The molecule has 39 heavy (non-hydrogen) atoms. The molecule has 1 aliphatic rings. The van der Waals surface area contributed by atoms with Crippen molar-refractivity contribution in [1.29, 1.82) is 0 Å². The average molecular weight is 652 g/mol. The summed E-state index contributed by atoms with van der Waals surface area (Å²) in [6, 6.07) is 16.7. The highest BCUT2D eigenvalue weighted by Gasteiger charge is 2.33. The molecule has 3 heterocycles. The summed E-state index contributed by atoms with van der Waals surface area (Å²) in [4.78, 5) is 44.2. The van der Waals surface area contributed by atoms with E-state index >= 15 is 0 Å². The second-order valence-corrected chi connectivity index (χ2v) is 10.7. The molecule has 0 aliphatic carbocycles. The van der Waals surface area contributed by atoms with Gasteiger partial charge >= 0.3 is 11.9 Å². The molecule has 10 heteroatoms. The van der Waals surface area contributed by atoms with Crippen molar-refractivity contribution in [2.45, 2.75) is 13.0 Å². The number of ether oxygens (including phenoxy) is 2. The van der Waals surface area contributed by atoms with Gasteiger partial charge in [0, 0.05) is 3.57 Å². The molecule has 0 unspecified atom stereocenters. The van der Waals surface area contributed by atoms with Crippen LogP contribution in [-0.4, -0.2) is 23.1 Å². The highest BCUT2D eigenvalue weighted by Crippen LogP contribution is 2.31. The molecule has 0 N–H and O–H groups in total. The largest absolute Gasteiger partial charge is 0.458 e. The first kappa shape index (κ1) is 26.6. The van der Waals surface area contributed by atoms with Crippen molar-refractivity contribution in [3.63, 3.8) is 0 Å². The van der Waals surface area contributed by atoms with Crippen molar-refractivity contribution in [2.24, 2.45) is 4.99 Å². The van der Waals surface area contributed by atoms with Crippen LogP contribution in [-0.2, 0) is 9.53 Å². The van der Waals surface area contributed by atoms with Gasteiger partial charge in [0.15, 0.2) is 4.80 Å². The Bertz CT molecular complexity index is 1760. The molecule has 2 aromatic carbocycles. The number of furan rings is 1. The lowest BCUT2D eigenvalue weighted by molar-refractivity contribution is -0.138. The number of halogens is 1. The Hall–Kier alpha value is -4.03. The molecule has 0 fully saturated rings. The van der Waals surface area contributed by atoms with Crippen LogP contribution in [0.25, 0.3) is 6.08 Å². The third kappa shape index (κ3) is 5.57. The van der Waals surface area contributed by atoms with E-state index in [2.05, 4.69) is 34.2 Å². The Morgan fingerprint density at radius 2 is 1.87 bits per heavy atom. The van der Waals surface area contributed by atoms with Gasteiger partial charge in [-0.05, 0) is 83.1 Å². The highest BCUT2D eigenvalue weighted by atomic mass is 127. The molecule has 0 radical (unpaired) electrons. The minimum Gasteiger partial charge on any atom is -0.458 e. The number of allylic oxidation sites excluding steroid dienone is 1. The van der Waals surface area contributed by atoms with Crippen LogP contribution >= 0.6 is 33.9 Å². The summed E-state index contributed by atoms with van der Waals surface area (Å²) in [6.07, 6.45) is 4.67. The zero-order valence-electron chi connectivity index (χ0n) is 20.6. The summed E-state index contributed by atoms with van der Waals surface area (Å²) in [7, 11) is 0. The highest BCUT2D eigenvalue weighted by molar-refractivity contribution is 14.1. The van der Waals surface area contributed by atoms with Crippen molar-refractivity contribution >= 4 is 51.9 Å². The Kier molecular flexibility index (Phi) is 7.75. The fraction of sp³-hybridized carbons (Fsp3) is 0.103. The third-order valence-electron chi connectivity index (χ3n) is 5.87. The smallest absolute Gasteiger partial charge is 0.379 e. The summed E-state index contributed by atoms with van der Waals surface area (Å²) >= 11 is 3.47. The molecule has 5 rings (SSSR count). The van der Waals surface area contributed by atoms with Gasteiger partial charge in [0.2, 0.25) is 5.76 Å². The van der Waals surface area contributed by atoms with Crippen molar-refractivity contribution in [3.8, 4) is 5.75 Å². The Balaban J connectivity index is 1.58. The first-order chi connectivity index (χ1) is 18.9. The number of hydrogen-bond donors (Lipinski definition) is 0. The first-order valence-electron chi connectivity index (χ1n) is 11.8. The Morgan fingerprint density at radius 1 is 1.13 bits per heavy atom. The van der Waals surface area contributed by atoms with E-state index in [9.17, 15) is 14.4 Å². The third-order valence-corrected chi connectivity index (χ3v) is 7.57. The van der Waals surface area contributed by atoms with Crippen molar-refractivity contribution in [2.75, 3.05) is 6.61 Å². The number of aromatic nitrogens is 1. The van der Waals surface area contributed by atoms with Crippen LogP contribution in [0.3, 0.4) is 0 Å². The quantitative estimate of drug-likeness (QED) is 0.127. The fourth-order valence-electron chi connectivity index (χ4n) is 4.09. The number of fused-ring (bicyclic) bond motifs is 1. The van der Waals surface area contributed by atoms with Crippen LogP contribution in [0, 0.1) is 3.57 Å². The summed E-state index contributed by atoms with van der Waals surface area (Å²) in [5.41, 5.74) is 1.91. The zero-order chi connectivity index (χ0) is 27.5. The van der Waals surface area contributed by atoms with Crippen LogP contribution in [0.1, 0.15) is 34.6 Å². The van der Waals surface area contributed by atoms with E-state index in [1.165, 1.54) is 34.3 Å². The lowest BCUT2D eigenvalue weighted by Crippen LogP contribution is -2.39. The second-order valence-electron chi connectivity index (χ2n) is 8.46. The monoisotopic (exact) mass is 652 g/mol. The van der Waals surface area contributed by atoms with Gasteiger partial charge in [0.25, 0.3) is 5.56 Å². The summed E-state index contributed by atoms with van der Waals surface area (Å²) < 4.78 is 18.9. The SMILES string of the molecule is C=CCOC(=O)C1=C(C)N=c2s/c(=C/c3ccc(I)cc3)c(=O)n2[C@H]1c1ccc(OC(=O)c2ccco2)cc1. The van der Waals surface area contributed by atoms with Crippen LogP contribution < -0.4 is 19.6 Å². The van der Waals surface area contributed by atoms with Crippen LogP contribution in [0.15, 0.2) is 105 Å². The van der Waals surface area contributed by atoms with E-state index < -0.39 is 18.0 Å². The van der Waals surface area contributed by atoms with E-state index in [0.717, 1.165) is 9.13 Å². The maximum absolute atomic E-state index is 13.7. The van der Waals surface area contributed by atoms with E-state index in [1.807, 2.05) is 30.3 Å². The molecule has 1 atom stereocenters.